The Balaban J connectivity index is 1.59. The minimum atomic E-state index is -0.121. The lowest BCUT2D eigenvalue weighted by molar-refractivity contribution is 0.756. The summed E-state index contributed by atoms with van der Waals surface area (Å²) in [6.45, 7) is 1.91. The van der Waals surface area contributed by atoms with Gasteiger partial charge in [-0.1, -0.05) is 18.2 Å². The molecule has 0 atom stereocenters. The maximum Gasteiger partial charge on any atom is 0.333 e. The van der Waals surface area contributed by atoms with Gasteiger partial charge in [-0.2, -0.15) is 10.2 Å². The molecular weight excluding hydrogens is 414 g/mol. The number of benzene rings is 2. The number of hydrogen-bond acceptors (Lipinski definition) is 4. The van der Waals surface area contributed by atoms with E-state index in [0.29, 0.717) is 0 Å². The number of aryl methyl sites for hydroxylation is 3. The molecule has 162 valence electrons. The van der Waals surface area contributed by atoms with Crippen LogP contribution in [0, 0.1) is 6.92 Å². The fourth-order valence-electron chi connectivity index (χ4n) is 4.44. The van der Waals surface area contributed by atoms with Crippen molar-refractivity contribution < 1.29 is 0 Å². The summed E-state index contributed by atoms with van der Waals surface area (Å²) in [7, 11) is 3.63. The topological polar surface area (TPSA) is 75.5 Å². The van der Waals surface area contributed by atoms with Crippen LogP contribution in [-0.4, -0.2) is 33.7 Å². The Morgan fingerprint density at radius 3 is 2.45 bits per heavy atom. The molecule has 6 rings (SSSR count). The summed E-state index contributed by atoms with van der Waals surface area (Å²) < 4.78 is 6.94. The van der Waals surface area contributed by atoms with E-state index in [0.717, 1.165) is 50.1 Å². The quantitative estimate of drug-likeness (QED) is 0.424. The normalized spacial score (nSPS) is 11.6. The van der Waals surface area contributed by atoms with E-state index in [2.05, 4.69) is 39.4 Å². The number of imidazole rings is 1. The summed E-state index contributed by atoms with van der Waals surface area (Å²) in [5, 5.41) is 9.65. The molecule has 0 amide bonds. The van der Waals surface area contributed by atoms with Crippen LogP contribution in [0.4, 0.5) is 0 Å². The average Bonchev–Trinajstić information content (AvgIpc) is 3.53. The third kappa shape index (κ3) is 2.91. The minimum Gasteiger partial charge on any atom is -0.293 e. The minimum absolute atomic E-state index is 0.121. The molecule has 8 nitrogen and oxygen atoms in total. The van der Waals surface area contributed by atoms with Gasteiger partial charge in [0.15, 0.2) is 0 Å². The molecule has 0 N–H and O–H groups in total. The van der Waals surface area contributed by atoms with Crippen molar-refractivity contribution in [2.75, 3.05) is 0 Å². The van der Waals surface area contributed by atoms with Gasteiger partial charge in [-0.25, -0.2) is 9.48 Å². The molecule has 0 saturated carbocycles. The molecule has 33 heavy (non-hydrogen) atoms. The zero-order chi connectivity index (χ0) is 22.7. The molecule has 0 spiro atoms. The van der Waals surface area contributed by atoms with E-state index in [1.807, 2.05) is 55.3 Å². The van der Waals surface area contributed by atoms with Gasteiger partial charge < -0.3 is 0 Å². The van der Waals surface area contributed by atoms with E-state index in [-0.39, 0.29) is 5.69 Å². The van der Waals surface area contributed by atoms with Crippen molar-refractivity contribution in [1.82, 2.24) is 33.7 Å². The van der Waals surface area contributed by atoms with E-state index in [4.69, 9.17) is 0 Å². The van der Waals surface area contributed by atoms with Crippen LogP contribution in [0.3, 0.4) is 0 Å². The van der Waals surface area contributed by atoms with Crippen molar-refractivity contribution in [2.45, 2.75) is 6.92 Å². The molecule has 2 aromatic carbocycles. The molecule has 0 aliphatic rings. The third-order valence-electron chi connectivity index (χ3n) is 6.08. The smallest absolute Gasteiger partial charge is 0.293 e. The van der Waals surface area contributed by atoms with Crippen molar-refractivity contribution in [1.29, 1.82) is 0 Å². The van der Waals surface area contributed by atoms with Gasteiger partial charge in [0.1, 0.15) is 0 Å². The van der Waals surface area contributed by atoms with Gasteiger partial charge in [0.05, 0.1) is 39.8 Å². The fraction of sp³-hybridized carbons (Fsp3) is 0.120. The number of rotatable bonds is 3. The number of aromatic nitrogens is 7. The van der Waals surface area contributed by atoms with Gasteiger partial charge in [0.2, 0.25) is 0 Å². The number of fused-ring (bicyclic) bond motifs is 3. The van der Waals surface area contributed by atoms with Crippen molar-refractivity contribution in [2.24, 2.45) is 14.1 Å². The molecule has 8 heteroatoms. The molecule has 0 bridgehead atoms. The van der Waals surface area contributed by atoms with Crippen molar-refractivity contribution in [3.05, 3.63) is 89.5 Å². The number of nitrogens with zero attached hydrogens (tertiary/aromatic N) is 7. The molecule has 0 saturated heterocycles. The molecule has 0 aliphatic carbocycles. The number of pyridine rings is 1. The summed E-state index contributed by atoms with van der Waals surface area (Å²) in [4.78, 5) is 17.9. The first-order chi connectivity index (χ1) is 16.0. The van der Waals surface area contributed by atoms with E-state index in [1.165, 1.54) is 0 Å². The second kappa shape index (κ2) is 7.03. The predicted molar refractivity (Wildman–Crippen MR) is 128 cm³/mol. The Hall–Kier alpha value is -4.46. The molecule has 4 heterocycles. The zero-order valence-corrected chi connectivity index (χ0v) is 18.5. The van der Waals surface area contributed by atoms with Crippen molar-refractivity contribution in [3.63, 3.8) is 0 Å². The Morgan fingerprint density at radius 2 is 1.76 bits per heavy atom. The van der Waals surface area contributed by atoms with Crippen LogP contribution in [0.15, 0.2) is 78.1 Å². The standard InChI is InChI=1S/C25H21N7O/c1-16-23(15-29(2)28-16)32-24-20-13-18(7-10-21(20)26-14-22(24)30(3)25(32)33)17-5-8-19(9-6-17)31-12-4-11-27-31/h4-15H,1-3H3. The van der Waals surface area contributed by atoms with Gasteiger partial charge in [0.25, 0.3) is 0 Å². The van der Waals surface area contributed by atoms with Crippen LogP contribution in [0.5, 0.6) is 0 Å². The van der Waals surface area contributed by atoms with Gasteiger partial charge in [-0.05, 0) is 48.4 Å². The molecule has 0 aliphatic heterocycles. The summed E-state index contributed by atoms with van der Waals surface area (Å²) in [5.74, 6) is 0. The maximum absolute atomic E-state index is 13.3. The Kier molecular flexibility index (Phi) is 4.10. The third-order valence-corrected chi connectivity index (χ3v) is 6.08. The van der Waals surface area contributed by atoms with Crippen LogP contribution < -0.4 is 5.69 Å². The lowest BCUT2D eigenvalue weighted by Crippen LogP contribution is -2.21. The van der Waals surface area contributed by atoms with Gasteiger partial charge in [-0.3, -0.25) is 18.8 Å². The summed E-state index contributed by atoms with van der Waals surface area (Å²) >= 11 is 0. The lowest BCUT2D eigenvalue weighted by atomic mass is 10.0. The second-order valence-electron chi connectivity index (χ2n) is 8.17. The van der Waals surface area contributed by atoms with Crippen molar-refractivity contribution in [3.8, 4) is 22.5 Å². The van der Waals surface area contributed by atoms with Crippen LogP contribution in [0.1, 0.15) is 5.69 Å². The first-order valence-electron chi connectivity index (χ1n) is 10.6. The highest BCUT2D eigenvalue weighted by Crippen LogP contribution is 2.30. The summed E-state index contributed by atoms with van der Waals surface area (Å²) in [6, 6.07) is 16.3. The van der Waals surface area contributed by atoms with Gasteiger partial charge >= 0.3 is 5.69 Å². The first kappa shape index (κ1) is 19.2. The second-order valence-corrected chi connectivity index (χ2v) is 8.17. The predicted octanol–water partition coefficient (Wildman–Crippen LogP) is 3.77. The Labute approximate surface area is 189 Å². The Bertz CT molecular complexity index is 1700. The van der Waals surface area contributed by atoms with E-state index < -0.39 is 0 Å². The van der Waals surface area contributed by atoms with E-state index in [9.17, 15) is 4.79 Å². The highest BCUT2D eigenvalue weighted by Gasteiger charge is 2.19. The van der Waals surface area contributed by atoms with E-state index in [1.54, 1.807) is 33.3 Å². The van der Waals surface area contributed by atoms with E-state index >= 15 is 0 Å². The highest BCUT2D eigenvalue weighted by atomic mass is 16.1. The zero-order valence-electron chi connectivity index (χ0n) is 18.5. The largest absolute Gasteiger partial charge is 0.333 e. The maximum atomic E-state index is 13.3. The molecular formula is C25H21N7O. The van der Waals surface area contributed by atoms with Crippen LogP contribution in [0.2, 0.25) is 0 Å². The summed E-state index contributed by atoms with van der Waals surface area (Å²) in [5.41, 5.74) is 7.02. The average molecular weight is 435 g/mol. The van der Waals surface area contributed by atoms with Crippen LogP contribution in [0.25, 0.3) is 44.4 Å². The molecule has 0 unspecified atom stereocenters. The number of hydrogen-bond donors (Lipinski definition) is 0. The summed E-state index contributed by atoms with van der Waals surface area (Å²) in [6.07, 6.45) is 7.32. The van der Waals surface area contributed by atoms with Crippen LogP contribution in [-0.2, 0) is 14.1 Å². The molecule has 0 fully saturated rings. The monoisotopic (exact) mass is 435 g/mol. The molecule has 6 aromatic rings. The molecule has 0 radical (unpaired) electrons. The molecule has 4 aromatic heterocycles. The fourth-order valence-corrected chi connectivity index (χ4v) is 4.44. The van der Waals surface area contributed by atoms with Gasteiger partial charge in [0, 0.05) is 38.1 Å². The lowest BCUT2D eigenvalue weighted by Gasteiger charge is -2.08. The SMILES string of the molecule is Cc1nn(C)cc1-n1c(=O)n(C)c2cnc3ccc(-c4ccc(-n5cccn5)cc4)cc3c21. The van der Waals surface area contributed by atoms with Crippen LogP contribution >= 0.6 is 0 Å². The Morgan fingerprint density at radius 1 is 0.970 bits per heavy atom. The van der Waals surface area contributed by atoms with Crippen molar-refractivity contribution >= 4 is 21.9 Å². The first-order valence-corrected chi connectivity index (χ1v) is 10.6. The highest BCUT2D eigenvalue weighted by molar-refractivity contribution is 6.04. The van der Waals surface area contributed by atoms with Gasteiger partial charge in [-0.15, -0.1) is 0 Å².